The molecule has 0 radical (unpaired) electrons. The summed E-state index contributed by atoms with van der Waals surface area (Å²) in [6, 6.07) is 31.7. The van der Waals surface area contributed by atoms with Gasteiger partial charge in [-0.15, -0.1) is 0 Å². The number of hydrogen-bond donors (Lipinski definition) is 1. The van der Waals surface area contributed by atoms with Gasteiger partial charge in [-0.2, -0.15) is 18.3 Å². The van der Waals surface area contributed by atoms with Crippen molar-refractivity contribution in [1.82, 2.24) is 9.78 Å². The third-order valence-electron chi connectivity index (χ3n) is 6.02. The van der Waals surface area contributed by atoms with Crippen LogP contribution in [0.4, 0.5) is 18.9 Å². The van der Waals surface area contributed by atoms with E-state index in [1.54, 1.807) is 10.7 Å². The zero-order valence-corrected chi connectivity index (χ0v) is 19.8. The summed E-state index contributed by atoms with van der Waals surface area (Å²) in [7, 11) is 0. The third-order valence-corrected chi connectivity index (χ3v) is 6.02. The highest BCUT2D eigenvalue weighted by atomic mass is 19.4. The van der Waals surface area contributed by atoms with Gasteiger partial charge in [-0.3, -0.25) is 4.79 Å². The molecule has 7 heteroatoms. The number of para-hydroxylation sites is 1. The zero-order chi connectivity index (χ0) is 26.0. The van der Waals surface area contributed by atoms with Gasteiger partial charge in [-0.25, -0.2) is 4.68 Å². The lowest BCUT2D eigenvalue weighted by atomic mass is 10.0. The fraction of sp³-hybridized carbons (Fsp3) is 0.0667. The second-order valence-corrected chi connectivity index (χ2v) is 8.59. The molecule has 0 aliphatic carbocycles. The van der Waals surface area contributed by atoms with Crippen molar-refractivity contribution < 1.29 is 18.0 Å². The van der Waals surface area contributed by atoms with Gasteiger partial charge in [0.25, 0.3) is 5.91 Å². The molecular weight excluding hydrogens is 475 g/mol. The number of carbonyl (C=O) groups is 1. The van der Waals surface area contributed by atoms with Crippen molar-refractivity contribution in [3.8, 4) is 28.1 Å². The Balaban J connectivity index is 1.52. The minimum Gasteiger partial charge on any atom is -0.321 e. The lowest BCUT2D eigenvalue weighted by Gasteiger charge is -2.11. The fourth-order valence-corrected chi connectivity index (χ4v) is 4.11. The van der Waals surface area contributed by atoms with E-state index in [1.807, 2.05) is 85.8 Å². The van der Waals surface area contributed by atoms with Crippen LogP contribution in [0.15, 0.2) is 109 Å². The topological polar surface area (TPSA) is 46.9 Å². The lowest BCUT2D eigenvalue weighted by molar-refractivity contribution is -0.137. The minimum absolute atomic E-state index is 0.0408. The Hall–Kier alpha value is -4.65. The summed E-state index contributed by atoms with van der Waals surface area (Å²) >= 11 is 0. The molecule has 0 aliphatic rings. The SMILES string of the molecule is Cc1ccccc1-n1nc(C(=O)Nc2cccc(C(F)(F)F)c2)cc1-c1ccc(-c2ccccc2)cc1. The summed E-state index contributed by atoms with van der Waals surface area (Å²) in [4.78, 5) is 13.1. The van der Waals surface area contributed by atoms with E-state index in [-0.39, 0.29) is 11.4 Å². The number of anilines is 1. The van der Waals surface area contributed by atoms with Crippen molar-refractivity contribution in [2.24, 2.45) is 0 Å². The highest BCUT2D eigenvalue weighted by Crippen LogP contribution is 2.31. The normalized spacial score (nSPS) is 11.4. The molecule has 4 aromatic carbocycles. The average Bonchev–Trinajstić information content (AvgIpc) is 3.35. The van der Waals surface area contributed by atoms with E-state index < -0.39 is 17.6 Å². The molecule has 184 valence electrons. The monoisotopic (exact) mass is 497 g/mol. The van der Waals surface area contributed by atoms with Crippen LogP contribution in [0.5, 0.6) is 0 Å². The van der Waals surface area contributed by atoms with Crippen molar-refractivity contribution in [3.63, 3.8) is 0 Å². The molecule has 1 N–H and O–H groups in total. The van der Waals surface area contributed by atoms with Crippen LogP contribution >= 0.6 is 0 Å². The number of benzene rings is 4. The first-order valence-electron chi connectivity index (χ1n) is 11.6. The minimum atomic E-state index is -4.51. The van der Waals surface area contributed by atoms with Crippen molar-refractivity contribution in [2.45, 2.75) is 13.1 Å². The number of nitrogens with one attached hydrogen (secondary N) is 1. The summed E-state index contributed by atoms with van der Waals surface area (Å²) in [5.74, 6) is -0.603. The number of aryl methyl sites for hydroxylation is 1. The molecule has 1 heterocycles. The maximum Gasteiger partial charge on any atom is 0.416 e. The molecule has 0 bridgehead atoms. The summed E-state index contributed by atoms with van der Waals surface area (Å²) in [5.41, 5.74) is 4.70. The molecule has 0 aliphatic heterocycles. The molecule has 1 amide bonds. The van der Waals surface area contributed by atoms with E-state index >= 15 is 0 Å². The zero-order valence-electron chi connectivity index (χ0n) is 19.8. The molecule has 4 nitrogen and oxygen atoms in total. The van der Waals surface area contributed by atoms with Crippen molar-refractivity contribution >= 4 is 11.6 Å². The molecular formula is C30H22F3N3O. The molecule has 0 fully saturated rings. The number of alkyl halides is 3. The first kappa shape index (κ1) is 24.1. The Morgan fingerprint density at radius 1 is 0.757 bits per heavy atom. The second kappa shape index (κ2) is 9.78. The lowest BCUT2D eigenvalue weighted by Crippen LogP contribution is -2.14. The quantitative estimate of drug-likeness (QED) is 0.269. The summed E-state index contributed by atoms with van der Waals surface area (Å²) in [6.07, 6.45) is -4.51. The van der Waals surface area contributed by atoms with E-state index in [0.29, 0.717) is 5.69 Å². The first-order chi connectivity index (χ1) is 17.8. The van der Waals surface area contributed by atoms with Crippen LogP contribution < -0.4 is 5.32 Å². The number of nitrogens with zero attached hydrogens (tertiary/aromatic N) is 2. The van der Waals surface area contributed by atoms with Crippen LogP contribution in [-0.2, 0) is 6.18 Å². The largest absolute Gasteiger partial charge is 0.416 e. The van der Waals surface area contributed by atoms with Gasteiger partial charge in [0.2, 0.25) is 0 Å². The van der Waals surface area contributed by atoms with Gasteiger partial charge in [0.05, 0.1) is 16.9 Å². The molecule has 0 unspecified atom stereocenters. The third kappa shape index (κ3) is 5.16. The standard InChI is InChI=1S/C30H22F3N3O/c1-20-8-5-6-13-27(20)36-28(23-16-14-22(15-17-23)21-9-3-2-4-10-21)19-26(35-36)29(37)34-25-12-7-11-24(18-25)30(31,32)33/h2-19H,1H3,(H,34,37). The fourth-order valence-electron chi connectivity index (χ4n) is 4.11. The molecule has 5 aromatic rings. The molecule has 0 atom stereocenters. The van der Waals surface area contributed by atoms with Crippen LogP contribution in [-0.4, -0.2) is 15.7 Å². The first-order valence-corrected chi connectivity index (χ1v) is 11.6. The van der Waals surface area contributed by atoms with Crippen LogP contribution in [0.1, 0.15) is 21.6 Å². The van der Waals surface area contributed by atoms with Crippen LogP contribution in [0.3, 0.4) is 0 Å². The Kier molecular flexibility index (Phi) is 6.36. The average molecular weight is 498 g/mol. The Bertz CT molecular complexity index is 1560. The number of aromatic nitrogens is 2. The summed E-state index contributed by atoms with van der Waals surface area (Å²) < 4.78 is 41.0. The number of amides is 1. The van der Waals surface area contributed by atoms with E-state index in [0.717, 1.165) is 40.1 Å². The molecule has 0 saturated heterocycles. The van der Waals surface area contributed by atoms with Gasteiger partial charge >= 0.3 is 6.18 Å². The number of hydrogen-bond acceptors (Lipinski definition) is 2. The molecule has 5 rings (SSSR count). The predicted octanol–water partition coefficient (Wildman–Crippen LogP) is 7.79. The van der Waals surface area contributed by atoms with Gasteiger partial charge in [-0.05, 0) is 53.9 Å². The van der Waals surface area contributed by atoms with Gasteiger partial charge in [0.15, 0.2) is 5.69 Å². The predicted molar refractivity (Wildman–Crippen MR) is 139 cm³/mol. The van der Waals surface area contributed by atoms with Crippen LogP contribution in [0.2, 0.25) is 0 Å². The second-order valence-electron chi connectivity index (χ2n) is 8.59. The van der Waals surface area contributed by atoms with Crippen molar-refractivity contribution in [2.75, 3.05) is 5.32 Å². The number of halogens is 3. The Morgan fingerprint density at radius 3 is 2.11 bits per heavy atom. The Labute approximate surface area is 212 Å². The maximum atomic E-state index is 13.1. The van der Waals surface area contributed by atoms with Crippen LogP contribution in [0.25, 0.3) is 28.1 Å². The number of rotatable bonds is 5. The van der Waals surface area contributed by atoms with Crippen molar-refractivity contribution in [3.05, 3.63) is 126 Å². The summed E-state index contributed by atoms with van der Waals surface area (Å²) in [6.45, 7) is 1.95. The number of carbonyl (C=O) groups excluding carboxylic acids is 1. The van der Waals surface area contributed by atoms with E-state index in [1.165, 1.54) is 12.1 Å². The highest BCUT2D eigenvalue weighted by Gasteiger charge is 2.30. The van der Waals surface area contributed by atoms with Gasteiger partial charge in [0, 0.05) is 11.3 Å². The highest BCUT2D eigenvalue weighted by molar-refractivity contribution is 6.03. The van der Waals surface area contributed by atoms with E-state index in [2.05, 4.69) is 10.4 Å². The molecule has 0 saturated carbocycles. The van der Waals surface area contributed by atoms with Crippen molar-refractivity contribution in [1.29, 1.82) is 0 Å². The molecule has 0 spiro atoms. The smallest absolute Gasteiger partial charge is 0.321 e. The van der Waals surface area contributed by atoms with Gasteiger partial charge in [-0.1, -0.05) is 78.9 Å². The van der Waals surface area contributed by atoms with Gasteiger partial charge < -0.3 is 5.32 Å². The van der Waals surface area contributed by atoms with Gasteiger partial charge in [0.1, 0.15) is 0 Å². The molecule has 37 heavy (non-hydrogen) atoms. The Morgan fingerprint density at radius 2 is 1.41 bits per heavy atom. The molecule has 1 aromatic heterocycles. The van der Waals surface area contributed by atoms with E-state index in [4.69, 9.17) is 0 Å². The maximum absolute atomic E-state index is 13.1. The summed E-state index contributed by atoms with van der Waals surface area (Å²) in [5, 5.41) is 7.09. The van der Waals surface area contributed by atoms with Crippen LogP contribution in [0, 0.1) is 6.92 Å². The van der Waals surface area contributed by atoms with E-state index in [9.17, 15) is 18.0 Å².